The van der Waals surface area contributed by atoms with Crippen molar-refractivity contribution in [1.29, 1.82) is 5.41 Å². The number of aromatic nitrogens is 2. The first-order valence-corrected chi connectivity index (χ1v) is 14.0. The molecule has 2 fully saturated rings. The van der Waals surface area contributed by atoms with E-state index in [0.29, 0.717) is 35.7 Å². The molecule has 1 saturated carbocycles. The Balaban J connectivity index is 0.00000103. The van der Waals surface area contributed by atoms with Crippen LogP contribution in [0.25, 0.3) is 11.0 Å². The summed E-state index contributed by atoms with van der Waals surface area (Å²) in [5.74, 6) is 4.21. The molecule has 0 bridgehead atoms. The number of aryl methyl sites for hydroxylation is 1. The van der Waals surface area contributed by atoms with E-state index in [-0.39, 0.29) is 17.4 Å². The van der Waals surface area contributed by atoms with E-state index in [4.69, 9.17) is 10.4 Å². The van der Waals surface area contributed by atoms with Gasteiger partial charge in [-0.1, -0.05) is 30.3 Å². The molecule has 2 aliphatic rings. The van der Waals surface area contributed by atoms with Gasteiger partial charge in [0, 0.05) is 42.2 Å². The van der Waals surface area contributed by atoms with Gasteiger partial charge in [-0.3, -0.25) is 10.2 Å². The largest absolute Gasteiger partial charge is 0.339 e. The summed E-state index contributed by atoms with van der Waals surface area (Å²) in [5.41, 5.74) is 5.24. The van der Waals surface area contributed by atoms with Crippen LogP contribution in [0.1, 0.15) is 71.4 Å². The lowest BCUT2D eigenvalue weighted by Gasteiger charge is -2.32. The molecule has 1 aliphatic carbocycles. The maximum Gasteiger partial charge on any atom is 0.253 e. The van der Waals surface area contributed by atoms with E-state index in [2.05, 4.69) is 41.2 Å². The van der Waals surface area contributed by atoms with Crippen LogP contribution in [0, 0.1) is 36.4 Å². The first kappa shape index (κ1) is 27.3. The molecule has 0 radical (unpaired) electrons. The van der Waals surface area contributed by atoms with Crippen LogP contribution in [0.5, 0.6) is 0 Å². The van der Waals surface area contributed by atoms with E-state index in [1.165, 1.54) is 36.3 Å². The number of nitrogens with one attached hydrogen (secondary N) is 1. The van der Waals surface area contributed by atoms with Crippen molar-refractivity contribution in [2.75, 3.05) is 13.1 Å². The molecule has 6 rings (SSSR count). The van der Waals surface area contributed by atoms with Gasteiger partial charge in [0.2, 0.25) is 0 Å². The number of hydrogen-bond acceptors (Lipinski definition) is 3. The summed E-state index contributed by atoms with van der Waals surface area (Å²) in [6, 6.07) is 19.9. The van der Waals surface area contributed by atoms with Gasteiger partial charge in [0.25, 0.3) is 5.91 Å². The number of rotatable bonds is 6. The zero-order valence-corrected chi connectivity index (χ0v) is 23.2. The molecule has 1 N–H and O–H groups in total. The molecule has 2 heterocycles. The molecule has 4 aromatic rings. The summed E-state index contributed by atoms with van der Waals surface area (Å²) < 4.78 is 16.1. The Bertz CT molecular complexity index is 1590. The average molecular weight is 535 g/mol. The first-order chi connectivity index (χ1) is 19.4. The van der Waals surface area contributed by atoms with E-state index in [1.54, 1.807) is 25.1 Å². The lowest BCUT2D eigenvalue weighted by molar-refractivity contribution is 0.0710. The number of amides is 1. The number of fused-ring (bicyclic) bond motifs is 1. The molecule has 1 aromatic heterocycles. The number of terminal acetylenes is 1. The topological polar surface area (TPSA) is 62.0 Å². The van der Waals surface area contributed by atoms with E-state index in [9.17, 15) is 9.18 Å². The van der Waals surface area contributed by atoms with Crippen molar-refractivity contribution in [3.63, 3.8) is 0 Å². The van der Waals surface area contributed by atoms with Crippen LogP contribution in [0.2, 0.25) is 0 Å². The third kappa shape index (κ3) is 5.84. The number of hydrogen-bond donors (Lipinski definition) is 1. The third-order valence-electron chi connectivity index (χ3n) is 7.83. The fourth-order valence-electron chi connectivity index (χ4n) is 5.56. The van der Waals surface area contributed by atoms with Gasteiger partial charge in [0.15, 0.2) is 0 Å². The highest BCUT2D eigenvalue weighted by Crippen LogP contribution is 2.36. The van der Waals surface area contributed by atoms with Gasteiger partial charge >= 0.3 is 0 Å². The molecule has 0 spiro atoms. The van der Waals surface area contributed by atoms with Crippen LogP contribution in [-0.4, -0.2) is 39.2 Å². The van der Waals surface area contributed by atoms with Crippen LogP contribution in [0.15, 0.2) is 66.7 Å². The number of benzene rings is 3. The van der Waals surface area contributed by atoms with Crippen molar-refractivity contribution >= 4 is 22.7 Å². The lowest BCUT2D eigenvalue weighted by Crippen LogP contribution is -2.38. The predicted octanol–water partition coefficient (Wildman–Crippen LogP) is 6.97. The van der Waals surface area contributed by atoms with Crippen molar-refractivity contribution in [3.05, 3.63) is 101 Å². The Morgan fingerprint density at radius 3 is 2.42 bits per heavy atom. The van der Waals surface area contributed by atoms with Crippen LogP contribution >= 0.6 is 0 Å². The Morgan fingerprint density at radius 2 is 1.75 bits per heavy atom. The second-order valence-electron chi connectivity index (χ2n) is 10.8. The van der Waals surface area contributed by atoms with Crippen LogP contribution in [0.3, 0.4) is 0 Å². The molecule has 1 amide bonds. The van der Waals surface area contributed by atoms with E-state index in [0.717, 1.165) is 36.4 Å². The monoisotopic (exact) mass is 534 g/mol. The zero-order chi connectivity index (χ0) is 28.2. The third-order valence-corrected chi connectivity index (χ3v) is 7.83. The van der Waals surface area contributed by atoms with Gasteiger partial charge in [0.1, 0.15) is 11.6 Å². The maximum atomic E-state index is 13.6. The number of carbonyl (C=O) groups is 1. The zero-order valence-electron chi connectivity index (χ0n) is 23.2. The minimum atomic E-state index is -0.363. The van der Waals surface area contributed by atoms with E-state index < -0.39 is 0 Å². The Labute approximate surface area is 235 Å². The molecule has 6 heteroatoms. The van der Waals surface area contributed by atoms with Crippen LogP contribution in [-0.2, 0) is 6.54 Å². The van der Waals surface area contributed by atoms with Gasteiger partial charge < -0.3 is 9.47 Å². The summed E-state index contributed by atoms with van der Waals surface area (Å²) >= 11 is 0. The molecule has 0 atom stereocenters. The minimum absolute atomic E-state index is 0.0249. The van der Waals surface area contributed by atoms with Crippen LogP contribution in [0.4, 0.5) is 4.39 Å². The molecule has 5 nitrogen and oxygen atoms in total. The smallest absolute Gasteiger partial charge is 0.253 e. The maximum absolute atomic E-state index is 13.6. The van der Waals surface area contributed by atoms with Crippen molar-refractivity contribution in [3.8, 4) is 12.3 Å². The molecule has 0 unspecified atom stereocenters. The van der Waals surface area contributed by atoms with Crippen LogP contribution < -0.4 is 0 Å². The van der Waals surface area contributed by atoms with Crippen molar-refractivity contribution < 1.29 is 9.18 Å². The van der Waals surface area contributed by atoms with Crippen molar-refractivity contribution in [1.82, 2.24) is 14.5 Å². The second kappa shape index (κ2) is 11.9. The highest BCUT2D eigenvalue weighted by molar-refractivity contribution is 6.12. The normalized spacial score (nSPS) is 15.3. The predicted molar refractivity (Wildman–Crippen MR) is 158 cm³/mol. The molecule has 40 heavy (non-hydrogen) atoms. The average Bonchev–Trinajstić information content (AvgIpc) is 3.72. The standard InChI is InChI=1S/C31H31FN4O.C3H4/c1-20-17-24(11-12-26(20)29(33)23-5-4-6-25(32)18-23)31(37)35-15-13-22(14-16-35)30-34-27-7-2-3-8-28(27)36(30)19-21-9-10-21;1-3-2/h2-8,11-12,17-18,21-22,33H,9-10,13-16,19H2,1H3;1H,2H3. The highest BCUT2D eigenvalue weighted by Gasteiger charge is 2.30. The molecule has 204 valence electrons. The highest BCUT2D eigenvalue weighted by atomic mass is 19.1. The van der Waals surface area contributed by atoms with E-state index >= 15 is 0 Å². The quantitative estimate of drug-likeness (QED) is 0.215. The molecular weight excluding hydrogens is 499 g/mol. The number of imidazole rings is 1. The number of piperidine rings is 1. The van der Waals surface area contributed by atoms with Gasteiger partial charge in [-0.25, -0.2) is 9.37 Å². The Kier molecular flexibility index (Phi) is 8.11. The molecular formula is C34H35FN4O. The number of para-hydroxylation sites is 2. The molecule has 3 aromatic carbocycles. The van der Waals surface area contributed by atoms with Crippen molar-refractivity contribution in [2.45, 2.75) is 52.0 Å². The summed E-state index contributed by atoms with van der Waals surface area (Å²) in [7, 11) is 0. The fraction of sp³-hybridized carbons (Fsp3) is 0.324. The number of halogens is 1. The van der Waals surface area contributed by atoms with E-state index in [1.807, 2.05) is 24.0 Å². The molecule has 1 saturated heterocycles. The summed E-state index contributed by atoms with van der Waals surface area (Å²) in [5, 5.41) is 8.52. The Hall–Kier alpha value is -4.24. The number of nitrogens with zero attached hydrogens (tertiary/aromatic N) is 3. The SMILES string of the molecule is C#CC.Cc1cc(C(=O)N2CCC(c3nc4ccccc4n3CC3CC3)CC2)ccc1C(=N)c1cccc(F)c1. The summed E-state index contributed by atoms with van der Waals surface area (Å²) in [6.45, 7) is 6.01. The Morgan fingerprint density at radius 1 is 1.02 bits per heavy atom. The van der Waals surface area contributed by atoms with Gasteiger partial charge in [-0.2, -0.15) is 0 Å². The minimum Gasteiger partial charge on any atom is -0.339 e. The number of likely N-dealkylation sites (tertiary alicyclic amines) is 1. The molecule has 1 aliphatic heterocycles. The van der Waals surface area contributed by atoms with Gasteiger partial charge in [-0.15, -0.1) is 12.3 Å². The summed E-state index contributed by atoms with van der Waals surface area (Å²) in [4.78, 5) is 20.3. The second-order valence-corrected chi connectivity index (χ2v) is 10.8. The fourth-order valence-corrected chi connectivity index (χ4v) is 5.56. The number of carbonyl (C=O) groups excluding carboxylic acids is 1. The summed E-state index contributed by atoms with van der Waals surface area (Å²) in [6.07, 6.45) is 9.01. The first-order valence-electron chi connectivity index (χ1n) is 14.0. The van der Waals surface area contributed by atoms with Gasteiger partial charge in [-0.05, 0) is 87.4 Å². The lowest BCUT2D eigenvalue weighted by atomic mass is 9.94. The van der Waals surface area contributed by atoms with Crippen molar-refractivity contribution in [2.24, 2.45) is 5.92 Å². The van der Waals surface area contributed by atoms with Gasteiger partial charge in [0.05, 0.1) is 16.7 Å².